The second kappa shape index (κ2) is 9.40. The lowest BCUT2D eigenvalue weighted by molar-refractivity contribution is -0.139. The number of benzene rings is 1. The van der Waals surface area contributed by atoms with Crippen molar-refractivity contribution in [2.24, 2.45) is 4.99 Å². The number of ether oxygens (including phenoxy) is 3. The average Bonchev–Trinajstić information content (AvgIpc) is 3.34. The van der Waals surface area contributed by atoms with Gasteiger partial charge in [-0.3, -0.25) is 9.36 Å². The number of esters is 1. The van der Waals surface area contributed by atoms with Crippen LogP contribution < -0.4 is 24.4 Å². The van der Waals surface area contributed by atoms with Gasteiger partial charge in [-0.1, -0.05) is 11.3 Å². The summed E-state index contributed by atoms with van der Waals surface area (Å²) in [6, 6.07) is 7.93. The van der Waals surface area contributed by atoms with Crippen LogP contribution in [-0.2, 0) is 9.53 Å². The molecule has 33 heavy (non-hydrogen) atoms. The molecule has 1 aliphatic rings. The summed E-state index contributed by atoms with van der Waals surface area (Å²) >= 11 is 4.48. The lowest BCUT2D eigenvalue weighted by Crippen LogP contribution is -2.40. The highest BCUT2D eigenvalue weighted by atomic mass is 79.9. The Balaban J connectivity index is 2.02. The topological polar surface area (TPSA) is 92.3 Å². The van der Waals surface area contributed by atoms with Crippen LogP contribution in [0.15, 0.2) is 60.5 Å². The predicted octanol–water partition coefficient (Wildman–Crippen LogP) is 3.17. The zero-order valence-corrected chi connectivity index (χ0v) is 20.8. The Hall–Kier alpha value is -3.11. The van der Waals surface area contributed by atoms with E-state index in [-0.39, 0.29) is 17.7 Å². The maximum absolute atomic E-state index is 13.6. The minimum absolute atomic E-state index is 0.190. The van der Waals surface area contributed by atoms with Crippen LogP contribution in [0.2, 0.25) is 0 Å². The first-order valence-corrected chi connectivity index (χ1v) is 11.7. The van der Waals surface area contributed by atoms with Gasteiger partial charge in [0.25, 0.3) is 5.56 Å². The molecule has 10 heteroatoms. The molecular weight excluding hydrogens is 512 g/mol. The number of methoxy groups -OCH3 is 2. The molecule has 172 valence electrons. The summed E-state index contributed by atoms with van der Waals surface area (Å²) in [4.78, 5) is 31.6. The van der Waals surface area contributed by atoms with Gasteiger partial charge in [0, 0.05) is 11.6 Å². The SMILES string of the molecule is CCOC(=O)C1=C(C)N=c2sc(=Cc3ccc(Br)o3)c(=O)n2C1c1cc(OC)ccc1OC. The van der Waals surface area contributed by atoms with E-state index in [1.165, 1.54) is 23.0 Å². The van der Waals surface area contributed by atoms with E-state index in [0.29, 0.717) is 42.5 Å². The van der Waals surface area contributed by atoms with Crippen molar-refractivity contribution in [3.8, 4) is 11.5 Å². The molecule has 3 aromatic rings. The summed E-state index contributed by atoms with van der Waals surface area (Å²) in [7, 11) is 3.08. The third-order valence-electron chi connectivity index (χ3n) is 5.12. The van der Waals surface area contributed by atoms with Gasteiger partial charge in [0.05, 0.1) is 36.6 Å². The van der Waals surface area contributed by atoms with Crippen molar-refractivity contribution in [1.82, 2.24) is 4.57 Å². The molecule has 0 spiro atoms. The Bertz CT molecular complexity index is 1430. The molecule has 4 rings (SSSR count). The van der Waals surface area contributed by atoms with Gasteiger partial charge >= 0.3 is 5.97 Å². The van der Waals surface area contributed by atoms with Crippen molar-refractivity contribution in [1.29, 1.82) is 0 Å². The molecule has 0 amide bonds. The second-order valence-corrected chi connectivity index (χ2v) is 8.84. The van der Waals surface area contributed by atoms with Gasteiger partial charge in [-0.15, -0.1) is 0 Å². The number of furan rings is 1. The van der Waals surface area contributed by atoms with Crippen LogP contribution in [0.25, 0.3) is 6.08 Å². The minimum atomic E-state index is -0.809. The molecule has 1 aromatic carbocycles. The lowest BCUT2D eigenvalue weighted by atomic mass is 9.95. The van der Waals surface area contributed by atoms with Crippen LogP contribution in [0.3, 0.4) is 0 Å². The number of carbonyl (C=O) groups excluding carboxylic acids is 1. The van der Waals surface area contributed by atoms with Crippen LogP contribution in [0.1, 0.15) is 31.2 Å². The first-order chi connectivity index (χ1) is 15.9. The minimum Gasteiger partial charge on any atom is -0.497 e. The summed E-state index contributed by atoms with van der Waals surface area (Å²) in [6.45, 7) is 3.65. The largest absolute Gasteiger partial charge is 0.497 e. The molecule has 0 bridgehead atoms. The third kappa shape index (κ3) is 4.28. The molecule has 8 nitrogen and oxygen atoms in total. The van der Waals surface area contributed by atoms with Crippen molar-refractivity contribution in [2.75, 3.05) is 20.8 Å². The Labute approximate surface area is 201 Å². The summed E-state index contributed by atoms with van der Waals surface area (Å²) in [6.07, 6.45) is 1.65. The van der Waals surface area contributed by atoms with E-state index in [1.807, 2.05) is 0 Å². The van der Waals surface area contributed by atoms with E-state index in [1.54, 1.807) is 57.4 Å². The average molecular weight is 533 g/mol. The molecule has 0 aliphatic carbocycles. The van der Waals surface area contributed by atoms with Gasteiger partial charge < -0.3 is 18.6 Å². The number of fused-ring (bicyclic) bond motifs is 1. The predicted molar refractivity (Wildman–Crippen MR) is 126 cm³/mol. The van der Waals surface area contributed by atoms with Crippen LogP contribution in [0, 0.1) is 0 Å². The van der Waals surface area contributed by atoms with E-state index >= 15 is 0 Å². The smallest absolute Gasteiger partial charge is 0.338 e. The highest BCUT2D eigenvalue weighted by Gasteiger charge is 2.35. The summed E-state index contributed by atoms with van der Waals surface area (Å²) in [5, 5.41) is 0. The van der Waals surface area contributed by atoms with Gasteiger partial charge in [-0.25, -0.2) is 9.79 Å². The first-order valence-electron chi connectivity index (χ1n) is 10.0. The summed E-state index contributed by atoms with van der Waals surface area (Å²) in [5.74, 6) is 1.04. The van der Waals surface area contributed by atoms with Crippen LogP contribution >= 0.6 is 27.3 Å². The molecule has 1 atom stereocenters. The summed E-state index contributed by atoms with van der Waals surface area (Å²) < 4.78 is 24.3. The Morgan fingerprint density at radius 2 is 2.06 bits per heavy atom. The maximum Gasteiger partial charge on any atom is 0.338 e. The fourth-order valence-corrected chi connectivity index (χ4v) is 5.02. The van der Waals surface area contributed by atoms with Gasteiger partial charge in [0.1, 0.15) is 23.3 Å². The molecular formula is C23H21BrN2O6S. The number of hydrogen-bond donors (Lipinski definition) is 0. The van der Waals surface area contributed by atoms with Crippen LogP contribution in [-0.4, -0.2) is 31.4 Å². The number of hydrogen-bond acceptors (Lipinski definition) is 8. The van der Waals surface area contributed by atoms with Gasteiger partial charge in [0.2, 0.25) is 0 Å². The van der Waals surface area contributed by atoms with E-state index < -0.39 is 12.0 Å². The highest BCUT2D eigenvalue weighted by Crippen LogP contribution is 2.37. The Kier molecular flexibility index (Phi) is 6.57. The molecule has 0 saturated heterocycles. The second-order valence-electron chi connectivity index (χ2n) is 7.05. The molecule has 0 saturated carbocycles. The zero-order valence-electron chi connectivity index (χ0n) is 18.4. The molecule has 3 heterocycles. The van der Waals surface area contributed by atoms with E-state index in [4.69, 9.17) is 18.6 Å². The highest BCUT2D eigenvalue weighted by molar-refractivity contribution is 9.10. The van der Waals surface area contributed by atoms with Crippen molar-refractivity contribution in [2.45, 2.75) is 19.9 Å². The van der Waals surface area contributed by atoms with Crippen molar-refractivity contribution < 1.29 is 23.4 Å². The fourth-order valence-electron chi connectivity index (χ4n) is 3.67. The van der Waals surface area contributed by atoms with Crippen molar-refractivity contribution in [3.05, 3.63) is 77.3 Å². The molecule has 0 radical (unpaired) electrons. The zero-order chi connectivity index (χ0) is 23.7. The third-order valence-corrected chi connectivity index (χ3v) is 6.52. The molecule has 2 aromatic heterocycles. The Morgan fingerprint density at radius 3 is 2.70 bits per heavy atom. The normalized spacial score (nSPS) is 15.8. The maximum atomic E-state index is 13.6. The van der Waals surface area contributed by atoms with Crippen molar-refractivity contribution in [3.63, 3.8) is 0 Å². The van der Waals surface area contributed by atoms with Crippen LogP contribution in [0.4, 0.5) is 0 Å². The molecule has 0 fully saturated rings. The monoisotopic (exact) mass is 532 g/mol. The molecule has 1 aliphatic heterocycles. The first kappa shape index (κ1) is 23.1. The number of carbonyl (C=O) groups is 1. The van der Waals surface area contributed by atoms with Gasteiger partial charge in [-0.05, 0) is 60.1 Å². The molecule has 0 N–H and O–H groups in total. The van der Waals surface area contributed by atoms with E-state index in [2.05, 4.69) is 20.9 Å². The van der Waals surface area contributed by atoms with Crippen LogP contribution in [0.5, 0.6) is 11.5 Å². The number of thiazole rings is 1. The quantitative estimate of drug-likeness (QED) is 0.452. The fraction of sp³-hybridized carbons (Fsp3) is 0.261. The lowest BCUT2D eigenvalue weighted by Gasteiger charge is -2.26. The van der Waals surface area contributed by atoms with Gasteiger partial charge in [-0.2, -0.15) is 0 Å². The van der Waals surface area contributed by atoms with Gasteiger partial charge in [0.15, 0.2) is 9.47 Å². The van der Waals surface area contributed by atoms with E-state index in [0.717, 1.165) is 0 Å². The number of allylic oxidation sites excluding steroid dienone is 1. The number of halogens is 1. The molecule has 1 unspecified atom stereocenters. The van der Waals surface area contributed by atoms with Crippen molar-refractivity contribution >= 4 is 39.3 Å². The number of nitrogens with zero attached hydrogens (tertiary/aromatic N) is 2. The summed E-state index contributed by atoms with van der Waals surface area (Å²) in [5.41, 5.74) is 1.01. The van der Waals surface area contributed by atoms with E-state index in [9.17, 15) is 9.59 Å². The number of aromatic nitrogens is 1. The Morgan fingerprint density at radius 1 is 1.27 bits per heavy atom. The number of rotatable bonds is 6. The standard InChI is InChI=1S/C23H21BrN2O6S/c1-5-31-22(28)19-12(2)25-23-26(20(19)15-10-13(29-3)6-8-16(15)30-4)21(27)17(33-23)11-14-7-9-18(24)32-14/h6-11,20H,5H2,1-4H3.